The average molecular weight is 220 g/mol. The topological polar surface area (TPSA) is 0 Å². The SMILES string of the molecule is CCCCC=C1CCCC/C1=C\CCCC. The molecule has 0 aliphatic heterocycles. The summed E-state index contributed by atoms with van der Waals surface area (Å²) in [4.78, 5) is 0. The van der Waals surface area contributed by atoms with E-state index in [1.54, 1.807) is 11.1 Å². The minimum absolute atomic E-state index is 1.29. The van der Waals surface area contributed by atoms with Gasteiger partial charge < -0.3 is 0 Å². The second-order valence-electron chi connectivity index (χ2n) is 4.95. The molecule has 0 atom stereocenters. The minimum Gasteiger partial charge on any atom is -0.0811 e. The van der Waals surface area contributed by atoms with Crippen LogP contribution in [0.2, 0.25) is 0 Å². The standard InChI is InChI=1S/C16H28/c1-3-5-7-11-15-13-9-10-14-16(15)12-8-6-4-2/h11-12H,3-10,13-14H2,1-2H3/b15-11+,16-12?. The van der Waals surface area contributed by atoms with E-state index in [1.165, 1.54) is 64.2 Å². The van der Waals surface area contributed by atoms with Gasteiger partial charge in [0, 0.05) is 0 Å². The van der Waals surface area contributed by atoms with Crippen molar-refractivity contribution in [3.05, 3.63) is 23.3 Å². The Balaban J connectivity index is 2.49. The van der Waals surface area contributed by atoms with Crippen LogP contribution >= 0.6 is 0 Å². The smallest absolute Gasteiger partial charge is 0.0279 e. The Morgan fingerprint density at radius 3 is 1.62 bits per heavy atom. The van der Waals surface area contributed by atoms with Crippen LogP contribution in [0.3, 0.4) is 0 Å². The van der Waals surface area contributed by atoms with Crippen LogP contribution in [0.4, 0.5) is 0 Å². The van der Waals surface area contributed by atoms with Gasteiger partial charge in [-0.3, -0.25) is 0 Å². The third-order valence-electron chi connectivity index (χ3n) is 3.45. The van der Waals surface area contributed by atoms with Crippen LogP contribution in [0.15, 0.2) is 23.3 Å². The zero-order valence-electron chi connectivity index (χ0n) is 11.2. The second kappa shape index (κ2) is 8.61. The first-order chi connectivity index (χ1) is 7.88. The zero-order valence-corrected chi connectivity index (χ0v) is 11.2. The molecular formula is C16H28. The van der Waals surface area contributed by atoms with E-state index in [0.29, 0.717) is 0 Å². The fourth-order valence-electron chi connectivity index (χ4n) is 2.38. The Kier molecular flexibility index (Phi) is 7.29. The van der Waals surface area contributed by atoms with E-state index in [2.05, 4.69) is 26.0 Å². The highest BCUT2D eigenvalue weighted by Crippen LogP contribution is 2.29. The van der Waals surface area contributed by atoms with Gasteiger partial charge >= 0.3 is 0 Å². The summed E-state index contributed by atoms with van der Waals surface area (Å²) in [5, 5.41) is 0. The summed E-state index contributed by atoms with van der Waals surface area (Å²) in [7, 11) is 0. The molecule has 0 aromatic rings. The number of unbranched alkanes of at least 4 members (excludes halogenated alkanes) is 4. The highest BCUT2D eigenvalue weighted by Gasteiger charge is 2.10. The minimum atomic E-state index is 1.29. The highest BCUT2D eigenvalue weighted by atomic mass is 14.2. The Hall–Kier alpha value is -0.520. The van der Waals surface area contributed by atoms with Crippen molar-refractivity contribution in [2.45, 2.75) is 78.1 Å². The van der Waals surface area contributed by atoms with Gasteiger partial charge in [-0.1, -0.05) is 51.7 Å². The summed E-state index contributed by atoms with van der Waals surface area (Å²) in [5.41, 5.74) is 3.35. The first-order valence-electron chi connectivity index (χ1n) is 7.27. The monoisotopic (exact) mass is 220 g/mol. The highest BCUT2D eigenvalue weighted by molar-refractivity contribution is 5.32. The molecule has 1 saturated carbocycles. The van der Waals surface area contributed by atoms with Crippen molar-refractivity contribution in [2.24, 2.45) is 0 Å². The van der Waals surface area contributed by atoms with E-state index in [-0.39, 0.29) is 0 Å². The van der Waals surface area contributed by atoms with Gasteiger partial charge in [-0.05, 0) is 49.7 Å². The molecular weight excluding hydrogens is 192 g/mol. The normalized spacial score (nSPS) is 21.9. The van der Waals surface area contributed by atoms with Crippen LogP contribution < -0.4 is 0 Å². The van der Waals surface area contributed by atoms with E-state index < -0.39 is 0 Å². The van der Waals surface area contributed by atoms with Gasteiger partial charge in [0.25, 0.3) is 0 Å². The Morgan fingerprint density at radius 1 is 0.812 bits per heavy atom. The zero-order chi connectivity index (χ0) is 11.6. The molecule has 0 unspecified atom stereocenters. The maximum Gasteiger partial charge on any atom is -0.0279 e. The Labute approximate surface area is 102 Å². The second-order valence-corrected chi connectivity index (χ2v) is 4.95. The lowest BCUT2D eigenvalue weighted by atomic mass is 9.88. The molecule has 92 valence electrons. The molecule has 1 aliphatic carbocycles. The van der Waals surface area contributed by atoms with Gasteiger partial charge in [-0.15, -0.1) is 0 Å². The number of hydrogen-bond acceptors (Lipinski definition) is 0. The van der Waals surface area contributed by atoms with E-state index in [4.69, 9.17) is 0 Å². The first kappa shape index (κ1) is 13.5. The Bertz CT molecular complexity index is 206. The van der Waals surface area contributed by atoms with Crippen molar-refractivity contribution in [3.8, 4) is 0 Å². The fourth-order valence-corrected chi connectivity index (χ4v) is 2.38. The molecule has 1 aliphatic rings. The summed E-state index contributed by atoms with van der Waals surface area (Å²) in [6, 6.07) is 0. The van der Waals surface area contributed by atoms with Gasteiger partial charge in [0.05, 0.1) is 0 Å². The van der Waals surface area contributed by atoms with Crippen molar-refractivity contribution in [2.75, 3.05) is 0 Å². The third kappa shape index (κ3) is 5.01. The molecule has 0 aromatic heterocycles. The lowest BCUT2D eigenvalue weighted by Gasteiger charge is -2.18. The molecule has 0 saturated heterocycles. The van der Waals surface area contributed by atoms with Gasteiger partial charge in [0.2, 0.25) is 0 Å². The van der Waals surface area contributed by atoms with E-state index in [1.807, 2.05) is 0 Å². The summed E-state index contributed by atoms with van der Waals surface area (Å²) < 4.78 is 0. The summed E-state index contributed by atoms with van der Waals surface area (Å²) in [6.45, 7) is 4.55. The summed E-state index contributed by atoms with van der Waals surface area (Å²) >= 11 is 0. The van der Waals surface area contributed by atoms with E-state index in [9.17, 15) is 0 Å². The molecule has 0 spiro atoms. The van der Waals surface area contributed by atoms with Crippen molar-refractivity contribution in [1.82, 2.24) is 0 Å². The molecule has 0 heterocycles. The molecule has 0 heteroatoms. The number of hydrogen-bond donors (Lipinski definition) is 0. The van der Waals surface area contributed by atoms with Crippen molar-refractivity contribution in [1.29, 1.82) is 0 Å². The summed E-state index contributed by atoms with van der Waals surface area (Å²) in [5.74, 6) is 0. The average Bonchev–Trinajstić information content (AvgIpc) is 2.32. The van der Waals surface area contributed by atoms with Gasteiger partial charge in [-0.25, -0.2) is 0 Å². The summed E-state index contributed by atoms with van der Waals surface area (Å²) in [6.07, 6.45) is 18.4. The van der Waals surface area contributed by atoms with Crippen molar-refractivity contribution in [3.63, 3.8) is 0 Å². The lowest BCUT2D eigenvalue weighted by molar-refractivity contribution is 0.667. The molecule has 16 heavy (non-hydrogen) atoms. The number of allylic oxidation sites excluding steroid dienone is 4. The largest absolute Gasteiger partial charge is 0.0811 e. The molecule has 1 fully saturated rings. The maximum absolute atomic E-state index is 2.51. The maximum atomic E-state index is 2.51. The molecule has 1 rings (SSSR count). The van der Waals surface area contributed by atoms with Gasteiger partial charge in [0.15, 0.2) is 0 Å². The van der Waals surface area contributed by atoms with Crippen molar-refractivity contribution >= 4 is 0 Å². The molecule has 0 aromatic carbocycles. The lowest BCUT2D eigenvalue weighted by Crippen LogP contribution is -1.99. The predicted octanol–water partition coefficient (Wildman–Crippen LogP) is 5.79. The quantitative estimate of drug-likeness (QED) is 0.497. The number of rotatable bonds is 6. The van der Waals surface area contributed by atoms with Gasteiger partial charge in [-0.2, -0.15) is 0 Å². The van der Waals surface area contributed by atoms with Crippen molar-refractivity contribution < 1.29 is 0 Å². The molecule has 0 amide bonds. The van der Waals surface area contributed by atoms with E-state index >= 15 is 0 Å². The van der Waals surface area contributed by atoms with E-state index in [0.717, 1.165) is 0 Å². The van der Waals surface area contributed by atoms with Crippen LogP contribution in [-0.2, 0) is 0 Å². The van der Waals surface area contributed by atoms with Crippen LogP contribution in [0.25, 0.3) is 0 Å². The van der Waals surface area contributed by atoms with Crippen LogP contribution in [0, 0.1) is 0 Å². The van der Waals surface area contributed by atoms with Gasteiger partial charge in [0.1, 0.15) is 0 Å². The van der Waals surface area contributed by atoms with Crippen LogP contribution in [0.1, 0.15) is 78.1 Å². The third-order valence-corrected chi connectivity index (χ3v) is 3.45. The first-order valence-corrected chi connectivity index (χ1v) is 7.27. The Morgan fingerprint density at radius 2 is 1.25 bits per heavy atom. The fraction of sp³-hybridized carbons (Fsp3) is 0.750. The predicted molar refractivity (Wildman–Crippen MR) is 73.7 cm³/mol. The molecule has 0 radical (unpaired) electrons. The molecule has 0 bridgehead atoms. The molecule has 0 N–H and O–H groups in total. The van der Waals surface area contributed by atoms with Crippen LogP contribution in [0.5, 0.6) is 0 Å². The van der Waals surface area contributed by atoms with Crippen LogP contribution in [-0.4, -0.2) is 0 Å². The molecule has 0 nitrogen and oxygen atoms in total.